The fourth-order valence-electron chi connectivity index (χ4n) is 2.55. The summed E-state index contributed by atoms with van der Waals surface area (Å²) >= 11 is 0. The first kappa shape index (κ1) is 9.22. The normalized spacial score (nSPS) is 32.8. The van der Waals surface area contributed by atoms with Gasteiger partial charge in [-0.1, -0.05) is 18.1 Å². The van der Waals surface area contributed by atoms with Gasteiger partial charge in [0, 0.05) is 6.54 Å². The summed E-state index contributed by atoms with van der Waals surface area (Å²) in [7, 11) is 1.95. The highest BCUT2D eigenvalue weighted by Crippen LogP contribution is 2.45. The van der Waals surface area contributed by atoms with E-state index in [9.17, 15) is 0 Å². The lowest BCUT2D eigenvalue weighted by molar-refractivity contribution is 0.362. The Bertz CT molecular complexity index is 220. The quantitative estimate of drug-likeness (QED) is 0.511. The van der Waals surface area contributed by atoms with Gasteiger partial charge < -0.3 is 0 Å². The van der Waals surface area contributed by atoms with Gasteiger partial charge in [-0.05, 0) is 44.6 Å². The van der Waals surface area contributed by atoms with E-state index in [0.717, 1.165) is 18.4 Å². The molecule has 2 nitrogen and oxygen atoms in total. The Labute approximate surface area is 80.8 Å². The molecule has 0 fully saturated rings. The first-order valence-corrected chi connectivity index (χ1v) is 5.39. The largest absolute Gasteiger partial charge is 0.261 e. The number of hydrogen-bond acceptors (Lipinski definition) is 2. The minimum Gasteiger partial charge on any atom is -0.261 e. The molecule has 0 radical (unpaired) electrons. The maximum absolute atomic E-state index is 3.23. The van der Waals surface area contributed by atoms with Gasteiger partial charge in [-0.2, -0.15) is 0 Å². The molecule has 0 spiro atoms. The molecule has 0 amide bonds. The molecule has 2 aliphatic carbocycles. The summed E-state index contributed by atoms with van der Waals surface area (Å²) in [6, 6.07) is 0. The molecule has 2 N–H and O–H groups in total. The smallest absolute Gasteiger partial charge is 0.0131 e. The topological polar surface area (TPSA) is 24.1 Å². The summed E-state index contributed by atoms with van der Waals surface area (Å²) in [5, 5.41) is 0. The van der Waals surface area contributed by atoms with Gasteiger partial charge in [0.05, 0.1) is 0 Å². The second-order valence-corrected chi connectivity index (χ2v) is 4.63. The van der Waals surface area contributed by atoms with Gasteiger partial charge in [0.15, 0.2) is 0 Å². The van der Waals surface area contributed by atoms with Gasteiger partial charge in [-0.15, -0.1) is 0 Å². The van der Waals surface area contributed by atoms with E-state index in [1.807, 2.05) is 7.05 Å². The third-order valence-electron chi connectivity index (χ3n) is 3.23. The first-order valence-electron chi connectivity index (χ1n) is 5.39. The van der Waals surface area contributed by atoms with Crippen LogP contribution in [0.15, 0.2) is 11.1 Å². The fourth-order valence-corrected chi connectivity index (χ4v) is 2.55. The third-order valence-corrected chi connectivity index (χ3v) is 3.23. The zero-order chi connectivity index (χ0) is 9.26. The molecule has 2 aliphatic rings. The summed E-state index contributed by atoms with van der Waals surface area (Å²) in [6.07, 6.45) is 5.49. The predicted octanol–water partition coefficient (Wildman–Crippen LogP) is 1.85. The Morgan fingerprint density at radius 1 is 1.31 bits per heavy atom. The molecule has 0 saturated carbocycles. The van der Waals surface area contributed by atoms with E-state index < -0.39 is 0 Å². The van der Waals surface area contributed by atoms with Crippen LogP contribution in [0.25, 0.3) is 0 Å². The molecule has 0 saturated heterocycles. The van der Waals surface area contributed by atoms with Crippen molar-refractivity contribution >= 4 is 0 Å². The van der Waals surface area contributed by atoms with Gasteiger partial charge in [0.2, 0.25) is 0 Å². The molecular formula is C11H20N2. The second kappa shape index (κ2) is 3.81. The zero-order valence-electron chi connectivity index (χ0n) is 8.69. The Morgan fingerprint density at radius 2 is 2.08 bits per heavy atom. The van der Waals surface area contributed by atoms with Crippen LogP contribution >= 0.6 is 0 Å². The molecule has 0 aromatic carbocycles. The van der Waals surface area contributed by atoms with Crippen LogP contribution in [0.5, 0.6) is 0 Å². The number of nitrogens with one attached hydrogen (secondary N) is 2. The minimum atomic E-state index is 0.859. The monoisotopic (exact) mass is 180 g/mol. The average Bonchev–Trinajstić information content (AvgIpc) is 2.78. The molecular weight excluding hydrogens is 160 g/mol. The van der Waals surface area contributed by atoms with Crippen molar-refractivity contribution in [2.45, 2.75) is 32.6 Å². The first-order chi connectivity index (χ1) is 6.29. The highest BCUT2D eigenvalue weighted by molar-refractivity contribution is 5.36. The SMILES string of the molecule is CNNCC1CC2=C(C2)C[C@@H](C)C1. The van der Waals surface area contributed by atoms with Crippen molar-refractivity contribution < 1.29 is 0 Å². The molecule has 0 aromatic rings. The molecule has 0 bridgehead atoms. The van der Waals surface area contributed by atoms with Crippen LogP contribution in [0.1, 0.15) is 32.6 Å². The lowest BCUT2D eigenvalue weighted by Crippen LogP contribution is -2.33. The van der Waals surface area contributed by atoms with Crippen LogP contribution in [-0.4, -0.2) is 13.6 Å². The second-order valence-electron chi connectivity index (χ2n) is 4.63. The maximum atomic E-state index is 3.23. The third kappa shape index (κ3) is 2.32. The Hall–Kier alpha value is -0.340. The van der Waals surface area contributed by atoms with Crippen LogP contribution in [0.4, 0.5) is 0 Å². The van der Waals surface area contributed by atoms with Crippen LogP contribution in [0.2, 0.25) is 0 Å². The average molecular weight is 180 g/mol. The van der Waals surface area contributed by atoms with Crippen LogP contribution < -0.4 is 10.9 Å². The van der Waals surface area contributed by atoms with E-state index in [4.69, 9.17) is 0 Å². The fraction of sp³-hybridized carbons (Fsp3) is 0.818. The molecule has 0 aromatic heterocycles. The summed E-state index contributed by atoms with van der Waals surface area (Å²) < 4.78 is 0. The summed E-state index contributed by atoms with van der Waals surface area (Å²) in [5.74, 6) is 1.76. The van der Waals surface area contributed by atoms with E-state index in [1.165, 1.54) is 25.7 Å². The lowest BCUT2D eigenvalue weighted by Gasteiger charge is -2.19. The molecule has 0 heterocycles. The van der Waals surface area contributed by atoms with Gasteiger partial charge in [-0.3, -0.25) is 10.9 Å². The summed E-state index contributed by atoms with van der Waals surface area (Å²) in [5.41, 5.74) is 9.79. The lowest BCUT2D eigenvalue weighted by atomic mass is 9.91. The van der Waals surface area contributed by atoms with E-state index in [0.29, 0.717) is 0 Å². The zero-order valence-corrected chi connectivity index (χ0v) is 8.69. The van der Waals surface area contributed by atoms with Crippen molar-refractivity contribution in [2.24, 2.45) is 11.8 Å². The van der Waals surface area contributed by atoms with Crippen LogP contribution in [-0.2, 0) is 0 Å². The van der Waals surface area contributed by atoms with Gasteiger partial charge >= 0.3 is 0 Å². The molecule has 1 unspecified atom stereocenters. The van der Waals surface area contributed by atoms with Crippen molar-refractivity contribution in [3.63, 3.8) is 0 Å². The molecule has 2 atom stereocenters. The number of rotatable bonds is 3. The molecule has 2 rings (SSSR count). The van der Waals surface area contributed by atoms with Crippen molar-refractivity contribution in [3.8, 4) is 0 Å². The highest BCUT2D eigenvalue weighted by Gasteiger charge is 2.30. The molecule has 13 heavy (non-hydrogen) atoms. The summed E-state index contributed by atoms with van der Waals surface area (Å²) in [4.78, 5) is 0. The van der Waals surface area contributed by atoms with Crippen molar-refractivity contribution in [1.29, 1.82) is 0 Å². The Balaban J connectivity index is 1.86. The Morgan fingerprint density at radius 3 is 2.85 bits per heavy atom. The highest BCUT2D eigenvalue weighted by atomic mass is 15.3. The maximum Gasteiger partial charge on any atom is 0.0131 e. The van der Waals surface area contributed by atoms with Crippen molar-refractivity contribution in [1.82, 2.24) is 10.9 Å². The molecule has 0 aliphatic heterocycles. The predicted molar refractivity (Wildman–Crippen MR) is 55.2 cm³/mol. The summed E-state index contributed by atoms with van der Waals surface area (Å²) in [6.45, 7) is 3.51. The number of allylic oxidation sites excluding steroid dienone is 2. The van der Waals surface area contributed by atoms with E-state index >= 15 is 0 Å². The standard InChI is InChI=1S/C11H20N2/c1-8-3-9(7-13-12-2)5-11-6-10(11)4-8/h8-9,12-13H,3-7H2,1-2H3/t8-,9?/m0/s1. The number of hydrogen-bond donors (Lipinski definition) is 2. The molecule has 2 heteroatoms. The van der Waals surface area contributed by atoms with Crippen LogP contribution in [0.3, 0.4) is 0 Å². The Kier molecular flexibility index (Phi) is 2.70. The van der Waals surface area contributed by atoms with Gasteiger partial charge in [-0.25, -0.2) is 0 Å². The van der Waals surface area contributed by atoms with Gasteiger partial charge in [0.25, 0.3) is 0 Å². The minimum absolute atomic E-state index is 0.859. The van der Waals surface area contributed by atoms with Crippen molar-refractivity contribution in [2.75, 3.05) is 13.6 Å². The van der Waals surface area contributed by atoms with Crippen molar-refractivity contribution in [3.05, 3.63) is 11.1 Å². The van der Waals surface area contributed by atoms with Gasteiger partial charge in [0.1, 0.15) is 0 Å². The van der Waals surface area contributed by atoms with E-state index in [-0.39, 0.29) is 0 Å². The van der Waals surface area contributed by atoms with Crippen LogP contribution in [0, 0.1) is 11.8 Å². The van der Waals surface area contributed by atoms with E-state index in [1.54, 1.807) is 11.1 Å². The number of hydrazine groups is 1. The molecule has 74 valence electrons. The van der Waals surface area contributed by atoms with E-state index in [2.05, 4.69) is 17.8 Å².